The summed E-state index contributed by atoms with van der Waals surface area (Å²) in [7, 11) is 0. The van der Waals surface area contributed by atoms with Crippen LogP contribution in [0.15, 0.2) is 42.5 Å². The summed E-state index contributed by atoms with van der Waals surface area (Å²) in [5.74, 6) is 0. The summed E-state index contributed by atoms with van der Waals surface area (Å²) in [6.45, 7) is 7.04. The first-order valence-electron chi connectivity index (χ1n) is 10.1. The lowest BCUT2D eigenvalue weighted by molar-refractivity contribution is -0.141. The molecule has 0 amide bonds. The summed E-state index contributed by atoms with van der Waals surface area (Å²) < 4.78 is 43.4. The number of imidazole rings is 1. The van der Waals surface area contributed by atoms with Gasteiger partial charge in [0.15, 0.2) is 5.69 Å². The predicted octanol–water partition coefficient (Wildman–Crippen LogP) is 6.37. The van der Waals surface area contributed by atoms with Crippen LogP contribution >= 0.6 is 11.6 Å². The largest absolute Gasteiger partial charge is 0.435 e. The molecule has 0 aliphatic heterocycles. The lowest BCUT2D eigenvalue weighted by Gasteiger charge is -2.19. The van der Waals surface area contributed by atoms with Crippen LogP contribution in [0.2, 0.25) is 5.02 Å². The minimum absolute atomic E-state index is 0.112. The highest BCUT2D eigenvalue weighted by molar-refractivity contribution is 6.30. The van der Waals surface area contributed by atoms with Crippen molar-refractivity contribution in [1.29, 1.82) is 0 Å². The normalized spacial score (nSPS) is 12.4. The Morgan fingerprint density at radius 1 is 0.968 bits per heavy atom. The summed E-state index contributed by atoms with van der Waals surface area (Å²) in [6, 6.07) is 12.8. The zero-order chi connectivity index (χ0) is 22.3. The zero-order valence-corrected chi connectivity index (χ0v) is 18.2. The molecule has 0 fully saturated rings. The fourth-order valence-corrected chi connectivity index (χ4v) is 3.93. The van der Waals surface area contributed by atoms with Crippen LogP contribution in [0.5, 0.6) is 0 Å². The van der Waals surface area contributed by atoms with Gasteiger partial charge in [-0.2, -0.15) is 13.2 Å². The van der Waals surface area contributed by atoms with Crippen molar-refractivity contribution in [2.75, 3.05) is 13.1 Å². The Balaban J connectivity index is 2.04. The average molecular weight is 447 g/mol. The van der Waals surface area contributed by atoms with Crippen molar-refractivity contribution in [2.45, 2.75) is 33.5 Å². The highest BCUT2D eigenvalue weighted by atomic mass is 35.5. The van der Waals surface area contributed by atoms with E-state index >= 15 is 0 Å². The molecular formula is C23H22ClF3N4. The molecule has 0 aliphatic carbocycles. The Morgan fingerprint density at radius 3 is 2.26 bits per heavy atom. The second-order valence-electron chi connectivity index (χ2n) is 7.47. The molecule has 3 aromatic heterocycles. The highest BCUT2D eigenvalue weighted by Crippen LogP contribution is 2.35. The number of aryl methyl sites for hydroxylation is 1. The van der Waals surface area contributed by atoms with Gasteiger partial charge in [-0.25, -0.2) is 9.97 Å². The summed E-state index contributed by atoms with van der Waals surface area (Å²) in [6.07, 6.45) is -4.55. The molecule has 0 spiro atoms. The molecule has 0 N–H and O–H groups in total. The van der Waals surface area contributed by atoms with Crippen molar-refractivity contribution in [3.8, 4) is 11.3 Å². The van der Waals surface area contributed by atoms with Crippen molar-refractivity contribution in [3.63, 3.8) is 0 Å². The van der Waals surface area contributed by atoms with E-state index in [9.17, 15) is 13.2 Å². The van der Waals surface area contributed by atoms with Gasteiger partial charge in [0.25, 0.3) is 0 Å². The summed E-state index contributed by atoms with van der Waals surface area (Å²) in [5, 5.41) is 1.36. The van der Waals surface area contributed by atoms with Gasteiger partial charge in [-0.15, -0.1) is 0 Å². The van der Waals surface area contributed by atoms with E-state index in [1.54, 1.807) is 23.5 Å². The third kappa shape index (κ3) is 4.00. The number of pyridine rings is 2. The van der Waals surface area contributed by atoms with Gasteiger partial charge in [0, 0.05) is 22.5 Å². The summed E-state index contributed by atoms with van der Waals surface area (Å²) in [5.41, 5.74) is 2.16. The second kappa shape index (κ2) is 8.13. The molecule has 8 heteroatoms. The van der Waals surface area contributed by atoms with Gasteiger partial charge in [0.05, 0.1) is 11.4 Å². The fourth-order valence-electron chi connectivity index (χ4n) is 3.81. The number of halogens is 4. The minimum atomic E-state index is -4.55. The third-order valence-electron chi connectivity index (χ3n) is 5.49. The molecule has 0 saturated carbocycles. The first-order chi connectivity index (χ1) is 14.7. The van der Waals surface area contributed by atoms with E-state index in [0.29, 0.717) is 35.0 Å². The van der Waals surface area contributed by atoms with Gasteiger partial charge in [0.1, 0.15) is 11.3 Å². The molecule has 31 heavy (non-hydrogen) atoms. The number of alkyl halides is 3. The van der Waals surface area contributed by atoms with E-state index in [1.807, 2.05) is 49.1 Å². The standard InChI is InChI=1S/C23H22ClF3N4/c1-4-30(5-2)13-19-20(23(25,26)27)29-21-14(3)12-16-8-11-18(28-22(16)31(19)21)15-6-9-17(24)10-7-15/h6-12H,4-5,13H2,1-3H3. The summed E-state index contributed by atoms with van der Waals surface area (Å²) >= 11 is 5.99. The fraction of sp³-hybridized carbons (Fsp3) is 0.304. The van der Waals surface area contributed by atoms with Crippen molar-refractivity contribution in [2.24, 2.45) is 0 Å². The van der Waals surface area contributed by atoms with Crippen LogP contribution in [-0.2, 0) is 12.7 Å². The lowest BCUT2D eigenvalue weighted by Crippen LogP contribution is -2.25. The number of nitrogens with zero attached hydrogens (tertiary/aromatic N) is 4. The van der Waals surface area contributed by atoms with Gasteiger partial charge < -0.3 is 0 Å². The van der Waals surface area contributed by atoms with Crippen LogP contribution in [-0.4, -0.2) is 32.4 Å². The highest BCUT2D eigenvalue weighted by Gasteiger charge is 2.38. The average Bonchev–Trinajstić information content (AvgIpc) is 3.13. The number of rotatable bonds is 5. The SMILES string of the molecule is CCN(CC)Cc1c(C(F)(F)F)nc2c(C)cc3ccc(-c4ccc(Cl)cc4)nc3n12. The number of aromatic nitrogens is 3. The molecule has 0 radical (unpaired) electrons. The van der Waals surface area contributed by atoms with Crippen LogP contribution in [0, 0.1) is 6.92 Å². The van der Waals surface area contributed by atoms with Crippen molar-refractivity contribution < 1.29 is 13.2 Å². The van der Waals surface area contributed by atoms with E-state index in [-0.39, 0.29) is 17.9 Å². The molecular weight excluding hydrogens is 425 g/mol. The van der Waals surface area contributed by atoms with Crippen molar-refractivity contribution in [3.05, 3.63) is 64.4 Å². The minimum Gasteiger partial charge on any atom is -0.298 e. The quantitative estimate of drug-likeness (QED) is 0.357. The van der Waals surface area contributed by atoms with Gasteiger partial charge in [0.2, 0.25) is 0 Å². The topological polar surface area (TPSA) is 33.4 Å². The first kappa shape index (κ1) is 21.6. The van der Waals surface area contributed by atoms with Crippen LogP contribution < -0.4 is 0 Å². The van der Waals surface area contributed by atoms with Crippen molar-refractivity contribution >= 4 is 28.3 Å². The molecule has 1 aromatic carbocycles. The predicted molar refractivity (Wildman–Crippen MR) is 117 cm³/mol. The molecule has 4 aromatic rings. The van der Waals surface area contributed by atoms with E-state index in [4.69, 9.17) is 16.6 Å². The molecule has 0 saturated heterocycles. The molecule has 4 nitrogen and oxygen atoms in total. The Kier molecular flexibility index (Phi) is 5.66. The number of hydrogen-bond donors (Lipinski definition) is 0. The Labute approximate surface area is 183 Å². The van der Waals surface area contributed by atoms with Crippen LogP contribution in [0.3, 0.4) is 0 Å². The van der Waals surface area contributed by atoms with E-state index in [1.165, 1.54) is 0 Å². The molecule has 0 unspecified atom stereocenters. The van der Waals surface area contributed by atoms with Crippen LogP contribution in [0.4, 0.5) is 13.2 Å². The molecule has 0 aliphatic rings. The Bertz CT molecular complexity index is 1240. The molecule has 0 atom stereocenters. The summed E-state index contributed by atoms with van der Waals surface area (Å²) in [4.78, 5) is 10.7. The maximum absolute atomic E-state index is 13.9. The number of fused-ring (bicyclic) bond motifs is 3. The second-order valence-corrected chi connectivity index (χ2v) is 7.91. The smallest absolute Gasteiger partial charge is 0.298 e. The first-order valence-corrected chi connectivity index (χ1v) is 10.5. The molecule has 3 heterocycles. The zero-order valence-electron chi connectivity index (χ0n) is 17.5. The monoisotopic (exact) mass is 446 g/mol. The Morgan fingerprint density at radius 2 is 1.65 bits per heavy atom. The van der Waals surface area contributed by atoms with Crippen LogP contribution in [0.1, 0.15) is 30.8 Å². The van der Waals surface area contributed by atoms with E-state index in [2.05, 4.69) is 4.98 Å². The van der Waals surface area contributed by atoms with Gasteiger partial charge in [-0.1, -0.05) is 37.6 Å². The van der Waals surface area contributed by atoms with Crippen molar-refractivity contribution in [1.82, 2.24) is 19.3 Å². The molecule has 162 valence electrons. The molecule has 0 bridgehead atoms. The number of benzene rings is 1. The third-order valence-corrected chi connectivity index (χ3v) is 5.74. The Hall–Kier alpha value is -2.64. The van der Waals surface area contributed by atoms with E-state index in [0.717, 1.165) is 10.9 Å². The van der Waals surface area contributed by atoms with E-state index < -0.39 is 11.9 Å². The van der Waals surface area contributed by atoms with Gasteiger partial charge >= 0.3 is 6.18 Å². The maximum atomic E-state index is 13.9. The van der Waals surface area contributed by atoms with Gasteiger partial charge in [-0.05, 0) is 55.9 Å². The number of hydrogen-bond acceptors (Lipinski definition) is 3. The molecule has 4 rings (SSSR count). The van der Waals surface area contributed by atoms with Gasteiger partial charge in [-0.3, -0.25) is 9.30 Å². The lowest BCUT2D eigenvalue weighted by atomic mass is 10.1. The van der Waals surface area contributed by atoms with Crippen LogP contribution in [0.25, 0.3) is 27.9 Å². The maximum Gasteiger partial charge on any atom is 0.435 e.